The molecule has 0 aliphatic carbocycles. The molecule has 2 aliphatic rings. The van der Waals surface area contributed by atoms with Crippen molar-refractivity contribution in [3.63, 3.8) is 0 Å². The lowest BCUT2D eigenvalue weighted by molar-refractivity contribution is -0.114. The number of carbonyl (C=O) groups is 1. The van der Waals surface area contributed by atoms with Gasteiger partial charge < -0.3 is 27.0 Å². The first-order valence-corrected chi connectivity index (χ1v) is 9.25. The summed E-state index contributed by atoms with van der Waals surface area (Å²) in [4.78, 5) is 11.8. The van der Waals surface area contributed by atoms with Gasteiger partial charge >= 0.3 is 0 Å². The lowest BCUT2D eigenvalue weighted by atomic mass is 10.0. The molecule has 6 heteroatoms. The average Bonchev–Trinajstić information content (AvgIpc) is 2.73. The van der Waals surface area contributed by atoms with Crippen LogP contribution in [-0.2, 0) is 17.9 Å². The second kappa shape index (κ2) is 7.92. The van der Waals surface area contributed by atoms with E-state index >= 15 is 0 Å². The quantitative estimate of drug-likeness (QED) is 0.535. The van der Waals surface area contributed by atoms with Crippen LogP contribution < -0.4 is 27.0 Å². The van der Waals surface area contributed by atoms with Crippen molar-refractivity contribution >= 4 is 17.7 Å². The fourth-order valence-corrected chi connectivity index (χ4v) is 3.27. The molecule has 1 amide bonds. The third kappa shape index (κ3) is 4.01. The Morgan fingerprint density at radius 3 is 2.79 bits per heavy atom. The van der Waals surface area contributed by atoms with Crippen LogP contribution in [-0.4, -0.2) is 12.5 Å². The van der Waals surface area contributed by atoms with Crippen molar-refractivity contribution in [2.75, 3.05) is 11.9 Å². The third-order valence-corrected chi connectivity index (χ3v) is 4.79. The topological polar surface area (TPSA) is 91.2 Å². The Balaban J connectivity index is 1.53. The Labute approximate surface area is 164 Å². The second-order valence-electron chi connectivity index (χ2n) is 6.76. The summed E-state index contributed by atoms with van der Waals surface area (Å²) in [5.41, 5.74) is 11.4. The highest BCUT2D eigenvalue weighted by molar-refractivity contribution is 5.94. The van der Waals surface area contributed by atoms with Gasteiger partial charge in [0.15, 0.2) is 0 Å². The van der Waals surface area contributed by atoms with Gasteiger partial charge in [0.05, 0.1) is 5.57 Å². The molecule has 4 rings (SSSR count). The first kappa shape index (κ1) is 17.7. The molecule has 0 spiro atoms. The van der Waals surface area contributed by atoms with Crippen LogP contribution in [0.5, 0.6) is 0 Å². The van der Waals surface area contributed by atoms with Crippen molar-refractivity contribution in [3.05, 3.63) is 94.6 Å². The Morgan fingerprint density at radius 2 is 1.96 bits per heavy atom. The largest absolute Gasteiger partial charge is 0.387 e. The van der Waals surface area contributed by atoms with Crippen LogP contribution in [0.3, 0.4) is 0 Å². The number of anilines is 1. The molecule has 6 N–H and O–H groups in total. The summed E-state index contributed by atoms with van der Waals surface area (Å²) in [7, 11) is 0. The van der Waals surface area contributed by atoms with Crippen molar-refractivity contribution in [2.45, 2.75) is 13.1 Å². The van der Waals surface area contributed by atoms with Crippen molar-refractivity contribution in [2.24, 2.45) is 5.73 Å². The normalized spacial score (nSPS) is 15.1. The Kier molecular flexibility index (Phi) is 5.01. The minimum Gasteiger partial charge on any atom is -0.387 e. The van der Waals surface area contributed by atoms with Gasteiger partial charge in [-0.2, -0.15) is 0 Å². The predicted octanol–water partition coefficient (Wildman–Crippen LogP) is 2.15. The summed E-state index contributed by atoms with van der Waals surface area (Å²) in [6.45, 7) is 1.83. The van der Waals surface area contributed by atoms with Gasteiger partial charge in [-0.15, -0.1) is 0 Å². The summed E-state index contributed by atoms with van der Waals surface area (Å²) < 4.78 is 0. The standard InChI is InChI=1S/C22H23N5O/c23-22(28)19-14-26-21(11-20(19)25-12-15-4-2-1-3-5-15)27-18-7-6-17-13-24-9-8-16(17)10-18/h1-11,24-27H,12-14H2,(H2,23,28). The fourth-order valence-electron chi connectivity index (χ4n) is 3.27. The minimum atomic E-state index is -0.426. The average molecular weight is 373 g/mol. The number of carbonyl (C=O) groups excluding carboxylic acids is 1. The smallest absolute Gasteiger partial charge is 0.248 e. The number of allylic oxidation sites excluding steroid dienone is 1. The lowest BCUT2D eigenvalue weighted by Crippen LogP contribution is -2.35. The summed E-state index contributed by atoms with van der Waals surface area (Å²) >= 11 is 0. The number of rotatable bonds is 6. The van der Waals surface area contributed by atoms with E-state index in [4.69, 9.17) is 5.73 Å². The first-order valence-electron chi connectivity index (χ1n) is 9.25. The van der Waals surface area contributed by atoms with Gasteiger partial charge in [-0.05, 0) is 41.1 Å². The molecule has 0 unspecified atom stereocenters. The van der Waals surface area contributed by atoms with E-state index in [9.17, 15) is 4.79 Å². The van der Waals surface area contributed by atoms with Crippen LogP contribution in [0.25, 0.3) is 6.08 Å². The number of nitrogens with one attached hydrogen (secondary N) is 4. The number of hydrogen-bond acceptors (Lipinski definition) is 5. The van der Waals surface area contributed by atoms with E-state index in [1.54, 1.807) is 0 Å². The molecule has 142 valence electrons. The maximum Gasteiger partial charge on any atom is 0.248 e. The molecule has 2 aromatic carbocycles. The molecule has 28 heavy (non-hydrogen) atoms. The van der Waals surface area contributed by atoms with E-state index < -0.39 is 5.91 Å². The Hall–Kier alpha value is -3.67. The van der Waals surface area contributed by atoms with Gasteiger partial charge in [0.2, 0.25) is 5.91 Å². The first-order chi connectivity index (χ1) is 13.7. The second-order valence-corrected chi connectivity index (χ2v) is 6.76. The van der Waals surface area contributed by atoms with Gasteiger partial charge in [0.1, 0.15) is 5.82 Å². The molecule has 0 atom stereocenters. The number of primary amides is 1. The molecule has 0 radical (unpaired) electrons. The van der Waals surface area contributed by atoms with Gasteiger partial charge in [-0.1, -0.05) is 36.4 Å². The van der Waals surface area contributed by atoms with E-state index in [1.807, 2.05) is 48.7 Å². The highest BCUT2D eigenvalue weighted by atomic mass is 16.1. The van der Waals surface area contributed by atoms with Crippen LogP contribution in [0.2, 0.25) is 0 Å². The predicted molar refractivity (Wildman–Crippen MR) is 112 cm³/mol. The van der Waals surface area contributed by atoms with E-state index in [2.05, 4.69) is 39.5 Å². The number of benzene rings is 2. The van der Waals surface area contributed by atoms with Crippen molar-refractivity contribution in [1.29, 1.82) is 0 Å². The molecule has 2 aliphatic heterocycles. The molecule has 0 saturated carbocycles. The number of amides is 1. The van der Waals surface area contributed by atoms with Gasteiger partial charge in [-0.25, -0.2) is 0 Å². The molecule has 0 saturated heterocycles. The third-order valence-electron chi connectivity index (χ3n) is 4.79. The maximum absolute atomic E-state index is 11.8. The summed E-state index contributed by atoms with van der Waals surface area (Å²) in [5, 5.41) is 13.2. The van der Waals surface area contributed by atoms with E-state index in [0.29, 0.717) is 18.7 Å². The van der Waals surface area contributed by atoms with E-state index in [0.717, 1.165) is 29.3 Å². The Bertz CT molecular complexity index is 976. The van der Waals surface area contributed by atoms with Crippen molar-refractivity contribution < 1.29 is 4.79 Å². The highest BCUT2D eigenvalue weighted by Crippen LogP contribution is 2.21. The molecule has 6 nitrogen and oxygen atoms in total. The van der Waals surface area contributed by atoms with Gasteiger partial charge in [0, 0.05) is 37.1 Å². The zero-order chi connectivity index (χ0) is 19.3. The van der Waals surface area contributed by atoms with Crippen molar-refractivity contribution in [1.82, 2.24) is 16.0 Å². The summed E-state index contributed by atoms with van der Waals surface area (Å²) in [6.07, 6.45) is 5.91. The van der Waals surface area contributed by atoms with Crippen LogP contribution in [0.1, 0.15) is 16.7 Å². The number of fused-ring (bicyclic) bond motifs is 1. The van der Waals surface area contributed by atoms with E-state index in [1.165, 1.54) is 11.1 Å². The Morgan fingerprint density at radius 1 is 1.11 bits per heavy atom. The van der Waals surface area contributed by atoms with Crippen molar-refractivity contribution in [3.8, 4) is 0 Å². The minimum absolute atomic E-state index is 0.375. The molecule has 2 heterocycles. The molecule has 0 fully saturated rings. The molecular formula is C22H23N5O. The SMILES string of the molecule is NC(=O)C1=C(NCc2ccccc2)C=C(Nc2ccc3c(c2)C=CNC3)NC1. The van der Waals surface area contributed by atoms with Crippen LogP contribution in [0, 0.1) is 0 Å². The molecule has 0 aromatic heterocycles. The van der Waals surface area contributed by atoms with Gasteiger partial charge in [-0.3, -0.25) is 4.79 Å². The van der Waals surface area contributed by atoms with Crippen LogP contribution in [0.15, 0.2) is 77.9 Å². The number of nitrogens with two attached hydrogens (primary N) is 1. The fraction of sp³-hybridized carbons (Fsp3) is 0.136. The highest BCUT2D eigenvalue weighted by Gasteiger charge is 2.17. The van der Waals surface area contributed by atoms with Crippen LogP contribution in [0.4, 0.5) is 5.69 Å². The number of dihydropyridines is 1. The molecular weight excluding hydrogens is 350 g/mol. The molecule has 0 bridgehead atoms. The monoisotopic (exact) mass is 373 g/mol. The maximum atomic E-state index is 11.8. The van der Waals surface area contributed by atoms with Gasteiger partial charge in [0.25, 0.3) is 0 Å². The summed E-state index contributed by atoms with van der Waals surface area (Å²) in [6, 6.07) is 16.3. The number of hydrogen-bond donors (Lipinski definition) is 5. The zero-order valence-electron chi connectivity index (χ0n) is 15.5. The lowest BCUT2D eigenvalue weighted by Gasteiger charge is -2.23. The summed E-state index contributed by atoms with van der Waals surface area (Å²) in [5.74, 6) is 0.392. The van der Waals surface area contributed by atoms with E-state index in [-0.39, 0.29) is 0 Å². The van der Waals surface area contributed by atoms with Crippen LogP contribution >= 0.6 is 0 Å². The zero-order valence-corrected chi connectivity index (χ0v) is 15.5. The molecule has 2 aromatic rings.